The molecule has 1 aromatic heterocycles. The standard InChI is InChI=1S/C21H21N3O/c1-15-2-6-19(7-3-15)23-20-13-18-14-22-24-21(18)12-17(20)5-4-16-8-10-25-11-9-16/h2-3,6-7,12-14,16,23H,8-11H2,1H3,(H,22,24). The lowest BCUT2D eigenvalue weighted by molar-refractivity contribution is 0.0807. The average Bonchev–Trinajstić information content (AvgIpc) is 3.10. The van der Waals surface area contributed by atoms with Crippen LogP contribution in [0.1, 0.15) is 24.0 Å². The Labute approximate surface area is 147 Å². The molecule has 1 aliphatic heterocycles. The van der Waals surface area contributed by atoms with Crippen LogP contribution in [0.2, 0.25) is 0 Å². The Morgan fingerprint density at radius 1 is 1.16 bits per heavy atom. The first-order valence-corrected chi connectivity index (χ1v) is 8.68. The summed E-state index contributed by atoms with van der Waals surface area (Å²) in [5, 5.41) is 11.7. The number of nitrogens with zero attached hydrogens (tertiary/aromatic N) is 1. The Hall–Kier alpha value is -2.77. The van der Waals surface area contributed by atoms with Gasteiger partial charge < -0.3 is 10.1 Å². The van der Waals surface area contributed by atoms with Crippen molar-refractivity contribution in [3.63, 3.8) is 0 Å². The molecule has 4 heteroatoms. The third-order valence-electron chi connectivity index (χ3n) is 4.54. The van der Waals surface area contributed by atoms with Crippen molar-refractivity contribution >= 4 is 22.3 Å². The molecule has 0 unspecified atom stereocenters. The van der Waals surface area contributed by atoms with E-state index in [0.717, 1.165) is 53.9 Å². The number of hydrogen-bond acceptors (Lipinski definition) is 3. The fraction of sp³-hybridized carbons (Fsp3) is 0.286. The number of fused-ring (bicyclic) bond motifs is 1. The molecule has 0 amide bonds. The molecule has 0 radical (unpaired) electrons. The maximum atomic E-state index is 5.42. The largest absolute Gasteiger partial charge is 0.381 e. The van der Waals surface area contributed by atoms with Crippen molar-refractivity contribution in [3.8, 4) is 11.8 Å². The average molecular weight is 331 g/mol. The van der Waals surface area contributed by atoms with Gasteiger partial charge in [-0.2, -0.15) is 5.10 Å². The highest BCUT2D eigenvalue weighted by Gasteiger charge is 2.11. The van der Waals surface area contributed by atoms with E-state index < -0.39 is 0 Å². The van der Waals surface area contributed by atoms with E-state index in [1.165, 1.54) is 5.56 Å². The van der Waals surface area contributed by atoms with E-state index in [-0.39, 0.29) is 0 Å². The molecule has 126 valence electrons. The minimum absolute atomic E-state index is 0.415. The number of ether oxygens (including phenoxy) is 1. The van der Waals surface area contributed by atoms with Gasteiger partial charge in [0, 0.05) is 30.2 Å². The summed E-state index contributed by atoms with van der Waals surface area (Å²) in [5.41, 5.74) is 5.31. The van der Waals surface area contributed by atoms with E-state index >= 15 is 0 Å². The second kappa shape index (κ2) is 7.00. The zero-order valence-electron chi connectivity index (χ0n) is 14.3. The molecule has 1 fully saturated rings. The van der Waals surface area contributed by atoms with Crippen LogP contribution in [0.5, 0.6) is 0 Å². The molecular weight excluding hydrogens is 310 g/mol. The lowest BCUT2D eigenvalue weighted by Crippen LogP contribution is -2.13. The fourth-order valence-electron chi connectivity index (χ4n) is 3.01. The maximum Gasteiger partial charge on any atom is 0.0664 e. The van der Waals surface area contributed by atoms with E-state index in [1.54, 1.807) is 0 Å². The minimum atomic E-state index is 0.415. The van der Waals surface area contributed by atoms with Gasteiger partial charge in [0.25, 0.3) is 0 Å². The number of nitrogens with one attached hydrogen (secondary N) is 2. The molecule has 0 saturated carbocycles. The van der Waals surface area contributed by atoms with Gasteiger partial charge in [-0.1, -0.05) is 29.5 Å². The summed E-state index contributed by atoms with van der Waals surface area (Å²) in [6.45, 7) is 3.72. The molecule has 1 aliphatic rings. The van der Waals surface area contributed by atoms with Gasteiger partial charge in [-0.15, -0.1) is 0 Å². The number of aromatic amines is 1. The molecule has 2 aromatic carbocycles. The van der Waals surface area contributed by atoms with Gasteiger partial charge >= 0.3 is 0 Å². The number of anilines is 2. The van der Waals surface area contributed by atoms with Gasteiger partial charge in [-0.3, -0.25) is 5.10 Å². The summed E-state index contributed by atoms with van der Waals surface area (Å²) in [7, 11) is 0. The molecule has 4 rings (SSSR count). The highest BCUT2D eigenvalue weighted by atomic mass is 16.5. The number of rotatable bonds is 2. The zero-order valence-corrected chi connectivity index (χ0v) is 14.3. The molecule has 0 aliphatic carbocycles. The van der Waals surface area contributed by atoms with E-state index in [0.29, 0.717) is 5.92 Å². The summed E-state index contributed by atoms with van der Waals surface area (Å²) < 4.78 is 5.42. The summed E-state index contributed by atoms with van der Waals surface area (Å²) >= 11 is 0. The van der Waals surface area contributed by atoms with E-state index in [9.17, 15) is 0 Å². The Kier molecular flexibility index (Phi) is 4.41. The predicted molar refractivity (Wildman–Crippen MR) is 101 cm³/mol. The topological polar surface area (TPSA) is 49.9 Å². The van der Waals surface area contributed by atoms with Crippen molar-refractivity contribution in [2.45, 2.75) is 19.8 Å². The Balaban J connectivity index is 1.68. The molecule has 2 heterocycles. The Bertz CT molecular complexity index is 925. The third kappa shape index (κ3) is 3.67. The SMILES string of the molecule is Cc1ccc(Nc2cc3cn[nH]c3cc2C#CC2CCOCC2)cc1. The Morgan fingerprint density at radius 2 is 1.96 bits per heavy atom. The van der Waals surface area contributed by atoms with E-state index in [1.807, 2.05) is 6.20 Å². The lowest BCUT2D eigenvalue weighted by Gasteiger charge is -2.16. The van der Waals surface area contributed by atoms with Crippen molar-refractivity contribution < 1.29 is 4.74 Å². The van der Waals surface area contributed by atoms with Crippen molar-refractivity contribution in [2.75, 3.05) is 18.5 Å². The third-order valence-corrected chi connectivity index (χ3v) is 4.54. The predicted octanol–water partition coefficient (Wildman–Crippen LogP) is 4.39. The van der Waals surface area contributed by atoms with Gasteiger partial charge in [0.05, 0.1) is 23.0 Å². The van der Waals surface area contributed by atoms with Crippen molar-refractivity contribution in [1.82, 2.24) is 10.2 Å². The second-order valence-electron chi connectivity index (χ2n) is 6.50. The first kappa shape index (κ1) is 15.7. The van der Waals surface area contributed by atoms with Crippen LogP contribution in [0.15, 0.2) is 42.6 Å². The van der Waals surface area contributed by atoms with E-state index in [4.69, 9.17) is 4.74 Å². The molecular formula is C21H21N3O. The van der Waals surface area contributed by atoms with Crippen molar-refractivity contribution in [3.05, 3.63) is 53.7 Å². The van der Waals surface area contributed by atoms with Gasteiger partial charge in [0.2, 0.25) is 0 Å². The van der Waals surface area contributed by atoms with Gasteiger partial charge in [0.15, 0.2) is 0 Å². The first-order valence-electron chi connectivity index (χ1n) is 8.68. The highest BCUT2D eigenvalue weighted by Crippen LogP contribution is 2.26. The number of benzene rings is 2. The van der Waals surface area contributed by atoms with Crippen molar-refractivity contribution in [1.29, 1.82) is 0 Å². The molecule has 25 heavy (non-hydrogen) atoms. The number of H-pyrrole nitrogens is 1. The smallest absolute Gasteiger partial charge is 0.0664 e. The quantitative estimate of drug-likeness (QED) is 0.685. The molecule has 1 saturated heterocycles. The molecule has 0 spiro atoms. The molecule has 0 bridgehead atoms. The number of hydrogen-bond donors (Lipinski definition) is 2. The van der Waals surface area contributed by atoms with Gasteiger partial charge in [-0.25, -0.2) is 0 Å². The maximum absolute atomic E-state index is 5.42. The zero-order chi connectivity index (χ0) is 17.1. The van der Waals surface area contributed by atoms with Crippen LogP contribution < -0.4 is 5.32 Å². The summed E-state index contributed by atoms with van der Waals surface area (Å²) in [4.78, 5) is 0. The van der Waals surface area contributed by atoms with Crippen LogP contribution >= 0.6 is 0 Å². The Morgan fingerprint density at radius 3 is 2.76 bits per heavy atom. The van der Waals surface area contributed by atoms with Crippen LogP contribution in [0, 0.1) is 24.7 Å². The van der Waals surface area contributed by atoms with Crippen LogP contribution in [0.4, 0.5) is 11.4 Å². The molecule has 2 N–H and O–H groups in total. The van der Waals surface area contributed by atoms with Crippen LogP contribution in [-0.2, 0) is 4.74 Å². The van der Waals surface area contributed by atoms with Crippen LogP contribution in [-0.4, -0.2) is 23.4 Å². The highest BCUT2D eigenvalue weighted by molar-refractivity contribution is 5.86. The van der Waals surface area contributed by atoms with Crippen LogP contribution in [0.25, 0.3) is 10.9 Å². The normalized spacial score (nSPS) is 14.9. The number of aromatic nitrogens is 2. The van der Waals surface area contributed by atoms with Crippen molar-refractivity contribution in [2.24, 2.45) is 5.92 Å². The summed E-state index contributed by atoms with van der Waals surface area (Å²) in [6.07, 6.45) is 3.87. The summed E-state index contributed by atoms with van der Waals surface area (Å²) in [6, 6.07) is 12.6. The van der Waals surface area contributed by atoms with Gasteiger partial charge in [-0.05, 0) is 44.0 Å². The van der Waals surface area contributed by atoms with Crippen LogP contribution in [0.3, 0.4) is 0 Å². The molecule has 0 atom stereocenters. The lowest BCUT2D eigenvalue weighted by atomic mass is 10.00. The minimum Gasteiger partial charge on any atom is -0.381 e. The number of aryl methyl sites for hydroxylation is 1. The second-order valence-corrected chi connectivity index (χ2v) is 6.50. The van der Waals surface area contributed by atoms with E-state index in [2.05, 4.69) is 70.7 Å². The monoisotopic (exact) mass is 331 g/mol. The molecule has 4 nitrogen and oxygen atoms in total. The van der Waals surface area contributed by atoms with Gasteiger partial charge in [0.1, 0.15) is 0 Å². The fourth-order valence-corrected chi connectivity index (χ4v) is 3.01. The molecule has 3 aromatic rings. The first-order chi connectivity index (χ1) is 12.3. The summed E-state index contributed by atoms with van der Waals surface area (Å²) in [5.74, 6) is 7.22.